The summed E-state index contributed by atoms with van der Waals surface area (Å²) in [7, 11) is 0. The first-order chi connectivity index (χ1) is 13.9. The molecule has 1 saturated heterocycles. The highest BCUT2D eigenvalue weighted by Gasteiger charge is 2.27. The Labute approximate surface area is 172 Å². The number of non-ortho nitro benzene ring substituents is 1. The molecule has 0 saturated carbocycles. The molecular weight excluding hydrogens is 390 g/mol. The molecule has 0 radical (unpaired) electrons. The Morgan fingerprint density at radius 3 is 2.69 bits per heavy atom. The molecule has 7 nitrogen and oxygen atoms in total. The monoisotopic (exact) mass is 411 g/mol. The summed E-state index contributed by atoms with van der Waals surface area (Å²) >= 11 is 1.47. The third-order valence-electron chi connectivity index (χ3n) is 5.28. The van der Waals surface area contributed by atoms with Crippen LogP contribution >= 0.6 is 11.3 Å². The van der Waals surface area contributed by atoms with Crippen molar-refractivity contribution in [3.63, 3.8) is 0 Å². The fourth-order valence-electron chi connectivity index (χ4n) is 3.45. The maximum Gasteiger partial charge on any atom is 0.269 e. The van der Waals surface area contributed by atoms with E-state index in [0.717, 1.165) is 34.2 Å². The number of nitro benzene ring substituents is 1. The molecule has 8 heteroatoms. The quantitative estimate of drug-likeness (QED) is 0.451. The molecule has 0 spiro atoms. The Morgan fingerprint density at radius 1 is 1.28 bits per heavy atom. The molecule has 1 fully saturated rings. The zero-order valence-electron chi connectivity index (χ0n) is 16.3. The number of carbonyl (C=O) groups excluding carboxylic acids is 1. The van der Waals surface area contributed by atoms with Crippen molar-refractivity contribution in [3.05, 3.63) is 63.2 Å². The zero-order chi connectivity index (χ0) is 20.5. The average molecular weight is 411 g/mol. The van der Waals surface area contributed by atoms with Crippen LogP contribution < -0.4 is 4.90 Å². The van der Waals surface area contributed by atoms with E-state index in [1.54, 1.807) is 4.90 Å². The van der Waals surface area contributed by atoms with Crippen molar-refractivity contribution in [1.82, 2.24) is 4.98 Å². The number of amides is 1. The van der Waals surface area contributed by atoms with Crippen LogP contribution in [0.15, 0.2) is 36.4 Å². The van der Waals surface area contributed by atoms with Crippen molar-refractivity contribution in [2.75, 3.05) is 18.1 Å². The number of carbonyl (C=O) groups is 1. The number of nitrogens with zero attached hydrogens (tertiary/aromatic N) is 3. The number of ether oxygens (including phenoxy) is 1. The molecule has 1 aromatic heterocycles. The highest BCUT2D eigenvalue weighted by molar-refractivity contribution is 7.22. The van der Waals surface area contributed by atoms with Gasteiger partial charge in [0.2, 0.25) is 0 Å². The van der Waals surface area contributed by atoms with Gasteiger partial charge in [0.25, 0.3) is 11.6 Å². The normalized spacial score (nSPS) is 16.3. The number of aromatic nitrogens is 1. The molecule has 1 amide bonds. The van der Waals surface area contributed by atoms with E-state index in [2.05, 4.69) is 6.07 Å². The van der Waals surface area contributed by atoms with Crippen molar-refractivity contribution in [3.8, 4) is 0 Å². The first-order valence-corrected chi connectivity index (χ1v) is 10.3. The fourth-order valence-corrected chi connectivity index (χ4v) is 4.48. The minimum absolute atomic E-state index is 0.0353. The van der Waals surface area contributed by atoms with E-state index in [-0.39, 0.29) is 17.7 Å². The summed E-state index contributed by atoms with van der Waals surface area (Å²) in [6, 6.07) is 9.77. The van der Waals surface area contributed by atoms with Gasteiger partial charge in [-0.25, -0.2) is 4.98 Å². The smallest absolute Gasteiger partial charge is 0.269 e. The maximum atomic E-state index is 13.3. The molecule has 2 heterocycles. The Kier molecular flexibility index (Phi) is 5.29. The van der Waals surface area contributed by atoms with Crippen LogP contribution in [0.1, 0.15) is 34.3 Å². The van der Waals surface area contributed by atoms with Crippen LogP contribution in [0, 0.1) is 24.0 Å². The first-order valence-electron chi connectivity index (χ1n) is 9.48. The topological polar surface area (TPSA) is 85.6 Å². The summed E-state index contributed by atoms with van der Waals surface area (Å²) in [6.07, 6.45) is 1.84. The summed E-state index contributed by atoms with van der Waals surface area (Å²) in [5.41, 5.74) is 3.50. The molecule has 29 heavy (non-hydrogen) atoms. The second kappa shape index (κ2) is 7.88. The molecule has 1 atom stereocenters. The second-order valence-corrected chi connectivity index (χ2v) is 8.21. The lowest BCUT2D eigenvalue weighted by Gasteiger charge is -2.23. The van der Waals surface area contributed by atoms with Crippen molar-refractivity contribution >= 4 is 38.3 Å². The van der Waals surface area contributed by atoms with Gasteiger partial charge < -0.3 is 4.74 Å². The molecule has 0 N–H and O–H groups in total. The van der Waals surface area contributed by atoms with Crippen molar-refractivity contribution in [2.45, 2.75) is 32.8 Å². The number of anilines is 1. The Hall–Kier alpha value is -2.84. The molecule has 150 valence electrons. The summed E-state index contributed by atoms with van der Waals surface area (Å²) in [6.45, 7) is 5.18. The van der Waals surface area contributed by atoms with Gasteiger partial charge in [-0.15, -0.1) is 0 Å². The van der Waals surface area contributed by atoms with E-state index in [4.69, 9.17) is 9.72 Å². The summed E-state index contributed by atoms with van der Waals surface area (Å²) in [5, 5.41) is 11.5. The number of nitro groups is 1. The Balaban J connectivity index is 1.72. The summed E-state index contributed by atoms with van der Waals surface area (Å²) < 4.78 is 6.78. The molecule has 1 unspecified atom stereocenters. The molecule has 1 aliphatic heterocycles. The first kappa shape index (κ1) is 19.5. The second-order valence-electron chi connectivity index (χ2n) is 7.21. The highest BCUT2D eigenvalue weighted by atomic mass is 32.1. The lowest BCUT2D eigenvalue weighted by molar-refractivity contribution is -0.384. The summed E-state index contributed by atoms with van der Waals surface area (Å²) in [4.78, 5) is 30.2. The summed E-state index contributed by atoms with van der Waals surface area (Å²) in [5.74, 6) is -0.233. The highest BCUT2D eigenvalue weighted by Crippen LogP contribution is 2.33. The predicted octanol–water partition coefficient (Wildman–Crippen LogP) is 4.65. The maximum absolute atomic E-state index is 13.3. The number of fused-ring (bicyclic) bond motifs is 1. The van der Waals surface area contributed by atoms with E-state index in [0.29, 0.717) is 23.8 Å². The molecule has 2 aromatic carbocycles. The van der Waals surface area contributed by atoms with Crippen molar-refractivity contribution in [1.29, 1.82) is 0 Å². The van der Waals surface area contributed by atoms with Crippen molar-refractivity contribution in [2.24, 2.45) is 0 Å². The van der Waals surface area contributed by atoms with Crippen LogP contribution in [0.5, 0.6) is 0 Å². The van der Waals surface area contributed by atoms with Gasteiger partial charge in [-0.3, -0.25) is 19.8 Å². The van der Waals surface area contributed by atoms with Crippen molar-refractivity contribution < 1.29 is 14.5 Å². The standard InChI is InChI=1S/C21H21N3O4S/c1-13-5-10-18-19(14(13)2)22-21(29-18)23(12-17-4-3-11-28-17)20(25)15-6-8-16(9-7-15)24(26)27/h5-10,17H,3-4,11-12H2,1-2H3. The average Bonchev–Trinajstić information content (AvgIpc) is 3.38. The number of hydrogen-bond acceptors (Lipinski definition) is 6. The van der Waals surface area contributed by atoms with Gasteiger partial charge in [-0.1, -0.05) is 17.4 Å². The van der Waals surface area contributed by atoms with E-state index in [1.807, 2.05) is 19.9 Å². The van der Waals surface area contributed by atoms with Gasteiger partial charge in [-0.2, -0.15) is 0 Å². The number of hydrogen-bond donors (Lipinski definition) is 0. The van der Waals surface area contributed by atoms with Crippen LogP contribution in [0.2, 0.25) is 0 Å². The van der Waals surface area contributed by atoms with E-state index in [9.17, 15) is 14.9 Å². The third-order valence-corrected chi connectivity index (χ3v) is 6.33. The van der Waals surface area contributed by atoms with Crippen LogP contribution in [0.3, 0.4) is 0 Å². The lowest BCUT2D eigenvalue weighted by atomic mass is 10.1. The van der Waals surface area contributed by atoms with Crippen LogP contribution in [0.25, 0.3) is 10.2 Å². The zero-order valence-corrected chi connectivity index (χ0v) is 17.1. The molecule has 1 aliphatic rings. The lowest BCUT2D eigenvalue weighted by Crippen LogP contribution is -2.37. The molecule has 3 aromatic rings. The van der Waals surface area contributed by atoms with Crippen LogP contribution in [0.4, 0.5) is 10.8 Å². The molecule has 4 rings (SSSR count). The fraction of sp³-hybridized carbons (Fsp3) is 0.333. The number of benzene rings is 2. The Morgan fingerprint density at radius 2 is 2.03 bits per heavy atom. The number of thiazole rings is 1. The van der Waals surface area contributed by atoms with Gasteiger partial charge >= 0.3 is 0 Å². The largest absolute Gasteiger partial charge is 0.376 e. The van der Waals surface area contributed by atoms with Gasteiger partial charge in [0.15, 0.2) is 5.13 Å². The minimum Gasteiger partial charge on any atom is -0.376 e. The third kappa shape index (κ3) is 3.86. The van der Waals surface area contributed by atoms with Crippen LogP contribution in [-0.4, -0.2) is 35.1 Å². The van der Waals surface area contributed by atoms with Gasteiger partial charge in [0, 0.05) is 24.3 Å². The Bertz CT molecular complexity index is 1070. The minimum atomic E-state index is -0.475. The van der Waals surface area contributed by atoms with Gasteiger partial charge in [0.1, 0.15) is 0 Å². The molecule has 0 bridgehead atoms. The number of rotatable bonds is 5. The van der Waals surface area contributed by atoms with Crippen LogP contribution in [-0.2, 0) is 4.74 Å². The number of aryl methyl sites for hydroxylation is 2. The predicted molar refractivity (Wildman–Crippen MR) is 113 cm³/mol. The van der Waals surface area contributed by atoms with E-state index < -0.39 is 4.92 Å². The van der Waals surface area contributed by atoms with E-state index in [1.165, 1.54) is 35.6 Å². The van der Waals surface area contributed by atoms with Gasteiger partial charge in [0.05, 0.1) is 27.8 Å². The van der Waals surface area contributed by atoms with E-state index >= 15 is 0 Å². The SMILES string of the molecule is Cc1ccc2sc(N(CC3CCCO3)C(=O)c3ccc([N+](=O)[O-])cc3)nc2c1C. The molecule has 0 aliphatic carbocycles. The van der Waals surface area contributed by atoms with Gasteiger partial charge in [-0.05, 0) is 56.0 Å². The molecular formula is C21H21N3O4S.